The summed E-state index contributed by atoms with van der Waals surface area (Å²) in [4.78, 5) is 38.9. The summed E-state index contributed by atoms with van der Waals surface area (Å²) >= 11 is 1.61. The Labute approximate surface area is 210 Å². The Bertz CT molecular complexity index is 1030. The SMILES string of the molecule is CSCC[C@H](NC(=O)OCC1c2ccccc2-c2ccccc21)C(=O)N1CCCC1CCC(=O)O. The van der Waals surface area contributed by atoms with Crippen molar-refractivity contribution in [1.29, 1.82) is 0 Å². The highest BCUT2D eigenvalue weighted by molar-refractivity contribution is 7.98. The number of thioether (sulfide) groups is 1. The van der Waals surface area contributed by atoms with Crippen LogP contribution in [0.4, 0.5) is 4.79 Å². The molecule has 0 bridgehead atoms. The number of carboxylic acid groups (broad SMARTS) is 1. The lowest BCUT2D eigenvalue weighted by Gasteiger charge is -2.29. The van der Waals surface area contributed by atoms with E-state index in [1.54, 1.807) is 16.7 Å². The number of likely N-dealkylation sites (tertiary alicyclic amines) is 1. The number of ether oxygens (including phenoxy) is 1. The van der Waals surface area contributed by atoms with Crippen molar-refractivity contribution in [2.24, 2.45) is 0 Å². The second-order valence-corrected chi connectivity index (χ2v) is 10.0. The fourth-order valence-electron chi connectivity index (χ4n) is 5.19. The normalized spacial score (nSPS) is 17.5. The van der Waals surface area contributed by atoms with E-state index in [0.29, 0.717) is 25.1 Å². The van der Waals surface area contributed by atoms with E-state index >= 15 is 0 Å². The number of carbonyl (C=O) groups excluding carboxylic acids is 2. The summed E-state index contributed by atoms with van der Waals surface area (Å²) < 4.78 is 5.66. The standard InChI is InChI=1S/C27H32N2O5S/c1-35-16-14-24(26(32)29-15-6-7-18(29)12-13-25(30)31)28-27(33)34-17-23-21-10-4-2-8-19(21)20-9-3-5-11-22(20)23/h2-5,8-11,18,23-24H,6-7,12-17H2,1H3,(H,28,33)(H,30,31)/t18?,24-/m0/s1. The molecule has 1 aliphatic heterocycles. The smallest absolute Gasteiger partial charge is 0.407 e. The van der Waals surface area contributed by atoms with Crippen molar-refractivity contribution in [3.05, 3.63) is 59.7 Å². The first kappa shape index (κ1) is 25.1. The third-order valence-corrected chi connectivity index (χ3v) is 7.54. The molecule has 4 rings (SSSR count). The summed E-state index contributed by atoms with van der Waals surface area (Å²) in [5, 5.41) is 11.8. The maximum Gasteiger partial charge on any atom is 0.407 e. The summed E-state index contributed by atoms with van der Waals surface area (Å²) in [6.07, 6.45) is 3.94. The second-order valence-electron chi connectivity index (χ2n) is 9.06. The van der Waals surface area contributed by atoms with Crippen LogP contribution in [0.2, 0.25) is 0 Å². The lowest BCUT2D eigenvalue weighted by Crippen LogP contribution is -2.50. The van der Waals surface area contributed by atoms with Crippen LogP contribution in [-0.2, 0) is 14.3 Å². The number of hydrogen-bond donors (Lipinski definition) is 2. The Kier molecular flexibility index (Phi) is 8.33. The Morgan fingerprint density at radius 3 is 2.40 bits per heavy atom. The Hall–Kier alpha value is -3.00. The zero-order chi connectivity index (χ0) is 24.8. The van der Waals surface area contributed by atoms with Crippen LogP contribution in [0.3, 0.4) is 0 Å². The molecule has 8 heteroatoms. The highest BCUT2D eigenvalue weighted by Crippen LogP contribution is 2.44. The molecular weight excluding hydrogens is 464 g/mol. The fourth-order valence-corrected chi connectivity index (χ4v) is 5.66. The summed E-state index contributed by atoms with van der Waals surface area (Å²) in [7, 11) is 0. The Morgan fingerprint density at radius 1 is 1.11 bits per heavy atom. The average Bonchev–Trinajstić information content (AvgIpc) is 3.46. The molecule has 0 spiro atoms. The van der Waals surface area contributed by atoms with Crippen molar-refractivity contribution in [3.8, 4) is 11.1 Å². The molecule has 0 saturated carbocycles. The van der Waals surface area contributed by atoms with Gasteiger partial charge in [-0.05, 0) is 59.9 Å². The number of benzene rings is 2. The van der Waals surface area contributed by atoms with Crippen LogP contribution in [-0.4, -0.2) is 65.2 Å². The first-order chi connectivity index (χ1) is 17.0. The number of rotatable bonds is 10. The summed E-state index contributed by atoms with van der Waals surface area (Å²) in [6, 6.07) is 15.5. The minimum atomic E-state index is -0.861. The van der Waals surface area contributed by atoms with Crippen molar-refractivity contribution in [3.63, 3.8) is 0 Å². The van der Waals surface area contributed by atoms with Crippen LogP contribution in [0, 0.1) is 0 Å². The summed E-state index contributed by atoms with van der Waals surface area (Å²) in [6.45, 7) is 0.777. The highest BCUT2D eigenvalue weighted by Gasteiger charge is 2.34. The second kappa shape index (κ2) is 11.6. The van der Waals surface area contributed by atoms with Gasteiger partial charge in [0.05, 0.1) is 0 Å². The van der Waals surface area contributed by atoms with Crippen LogP contribution >= 0.6 is 11.8 Å². The van der Waals surface area contributed by atoms with Gasteiger partial charge in [0.25, 0.3) is 0 Å². The van der Waals surface area contributed by atoms with Crippen LogP contribution < -0.4 is 5.32 Å². The molecule has 2 atom stereocenters. The number of carboxylic acids is 1. The summed E-state index contributed by atoms with van der Waals surface area (Å²) in [5.41, 5.74) is 4.59. The highest BCUT2D eigenvalue weighted by atomic mass is 32.2. The number of amides is 2. The van der Waals surface area contributed by atoms with E-state index < -0.39 is 18.1 Å². The Balaban J connectivity index is 1.40. The van der Waals surface area contributed by atoms with Gasteiger partial charge in [0, 0.05) is 24.9 Å². The minimum Gasteiger partial charge on any atom is -0.481 e. The van der Waals surface area contributed by atoms with E-state index in [1.165, 1.54) is 0 Å². The third-order valence-electron chi connectivity index (χ3n) is 6.90. The molecule has 2 aromatic carbocycles. The molecule has 1 fully saturated rings. The van der Waals surface area contributed by atoms with E-state index in [1.807, 2.05) is 30.5 Å². The predicted octanol–water partition coefficient (Wildman–Crippen LogP) is 4.50. The largest absolute Gasteiger partial charge is 0.481 e. The number of hydrogen-bond acceptors (Lipinski definition) is 5. The van der Waals surface area contributed by atoms with E-state index in [4.69, 9.17) is 9.84 Å². The van der Waals surface area contributed by atoms with E-state index in [0.717, 1.165) is 35.1 Å². The van der Waals surface area contributed by atoms with E-state index in [2.05, 4.69) is 29.6 Å². The predicted molar refractivity (Wildman–Crippen MR) is 137 cm³/mol. The number of fused-ring (bicyclic) bond motifs is 3. The molecule has 2 N–H and O–H groups in total. The summed E-state index contributed by atoms with van der Waals surface area (Å²) in [5.74, 6) is -0.346. The molecule has 2 amide bonds. The fraction of sp³-hybridized carbons (Fsp3) is 0.444. The minimum absolute atomic E-state index is 0.0315. The van der Waals surface area contributed by atoms with Gasteiger partial charge in [-0.15, -0.1) is 0 Å². The lowest BCUT2D eigenvalue weighted by molar-refractivity contribution is -0.139. The first-order valence-corrected chi connectivity index (χ1v) is 13.5. The average molecular weight is 497 g/mol. The maximum atomic E-state index is 13.3. The van der Waals surface area contributed by atoms with E-state index in [9.17, 15) is 14.4 Å². The quantitative estimate of drug-likeness (QED) is 0.503. The molecule has 1 aliphatic carbocycles. The number of aliphatic carboxylic acids is 1. The molecule has 0 aromatic heterocycles. The van der Waals surface area contributed by atoms with Crippen molar-refractivity contribution in [2.45, 2.75) is 50.1 Å². The molecular formula is C27H32N2O5S. The molecule has 7 nitrogen and oxygen atoms in total. The van der Waals surface area contributed by atoms with Crippen molar-refractivity contribution in [1.82, 2.24) is 10.2 Å². The van der Waals surface area contributed by atoms with Crippen molar-refractivity contribution < 1.29 is 24.2 Å². The van der Waals surface area contributed by atoms with Crippen molar-refractivity contribution >= 4 is 29.7 Å². The number of alkyl carbamates (subject to hydrolysis) is 1. The van der Waals surface area contributed by atoms with Gasteiger partial charge in [-0.1, -0.05) is 48.5 Å². The van der Waals surface area contributed by atoms with Gasteiger partial charge >= 0.3 is 12.1 Å². The van der Waals surface area contributed by atoms with Crippen LogP contribution in [0.5, 0.6) is 0 Å². The molecule has 35 heavy (non-hydrogen) atoms. The molecule has 2 aromatic rings. The molecule has 2 aliphatic rings. The first-order valence-electron chi connectivity index (χ1n) is 12.1. The van der Waals surface area contributed by atoms with Crippen molar-refractivity contribution in [2.75, 3.05) is 25.2 Å². The molecule has 1 saturated heterocycles. The zero-order valence-electron chi connectivity index (χ0n) is 19.9. The molecule has 0 radical (unpaired) electrons. The van der Waals surface area contributed by atoms with Gasteiger partial charge in [-0.2, -0.15) is 11.8 Å². The maximum absolute atomic E-state index is 13.3. The molecule has 1 unspecified atom stereocenters. The van der Waals surface area contributed by atoms with Gasteiger partial charge in [-0.3, -0.25) is 9.59 Å². The van der Waals surface area contributed by atoms with E-state index in [-0.39, 0.29) is 30.9 Å². The van der Waals surface area contributed by atoms with Gasteiger partial charge in [0.1, 0.15) is 12.6 Å². The van der Waals surface area contributed by atoms with Crippen LogP contribution in [0.1, 0.15) is 49.1 Å². The number of carbonyl (C=O) groups is 3. The van der Waals surface area contributed by atoms with Gasteiger partial charge in [-0.25, -0.2) is 4.79 Å². The van der Waals surface area contributed by atoms with Crippen LogP contribution in [0.15, 0.2) is 48.5 Å². The third kappa shape index (κ3) is 5.81. The molecule has 1 heterocycles. The van der Waals surface area contributed by atoms with Crippen LogP contribution in [0.25, 0.3) is 11.1 Å². The monoisotopic (exact) mass is 496 g/mol. The number of nitrogens with zero attached hydrogens (tertiary/aromatic N) is 1. The Morgan fingerprint density at radius 2 is 1.77 bits per heavy atom. The lowest BCUT2D eigenvalue weighted by atomic mass is 9.98. The zero-order valence-corrected chi connectivity index (χ0v) is 20.8. The van der Waals surface area contributed by atoms with Gasteiger partial charge in [0.15, 0.2) is 0 Å². The number of nitrogens with one attached hydrogen (secondary N) is 1. The topological polar surface area (TPSA) is 95.9 Å². The van der Waals surface area contributed by atoms with Gasteiger partial charge in [0.2, 0.25) is 5.91 Å². The molecule has 186 valence electrons. The van der Waals surface area contributed by atoms with Gasteiger partial charge < -0.3 is 20.1 Å².